The molecule has 0 N–H and O–H groups in total. The van der Waals surface area contributed by atoms with Crippen LogP contribution in [0.25, 0.3) is 22.6 Å². The molecule has 0 radical (unpaired) electrons. The van der Waals surface area contributed by atoms with Crippen molar-refractivity contribution in [3.63, 3.8) is 0 Å². The molecule has 2 nitrogen and oxygen atoms in total. The van der Waals surface area contributed by atoms with E-state index in [1.54, 1.807) is 7.11 Å². The van der Waals surface area contributed by atoms with Crippen molar-refractivity contribution in [2.45, 2.75) is 0 Å². The predicted molar refractivity (Wildman–Crippen MR) is 76.1 cm³/mol. The molecule has 2 aromatic carbocycles. The van der Waals surface area contributed by atoms with Gasteiger partial charge < -0.3 is 9.15 Å². The van der Waals surface area contributed by atoms with Crippen LogP contribution in [0.4, 0.5) is 0 Å². The van der Waals surface area contributed by atoms with Crippen LogP contribution in [0, 0.1) is 0 Å². The average Bonchev–Trinajstić information content (AvgIpc) is 2.98. The second-order valence-corrected chi connectivity index (χ2v) is 4.26. The van der Waals surface area contributed by atoms with E-state index in [1.807, 2.05) is 66.7 Å². The molecule has 0 unspecified atom stereocenters. The van der Waals surface area contributed by atoms with Crippen LogP contribution in [0.1, 0.15) is 0 Å². The Balaban J connectivity index is 1.92. The van der Waals surface area contributed by atoms with E-state index >= 15 is 0 Å². The standard InChI is InChI=1S/C17H14O2/c1-18-15-9-7-14(8-10-15)17-12-11-16(19-17)13-5-3-2-4-6-13/h2-12H,1H3. The summed E-state index contributed by atoms with van der Waals surface area (Å²) in [5.74, 6) is 2.59. The van der Waals surface area contributed by atoms with Crippen molar-refractivity contribution in [3.8, 4) is 28.4 Å². The number of rotatable bonds is 3. The molecule has 0 spiro atoms. The van der Waals surface area contributed by atoms with Gasteiger partial charge in [0.1, 0.15) is 17.3 Å². The zero-order valence-electron chi connectivity index (χ0n) is 10.7. The summed E-state index contributed by atoms with van der Waals surface area (Å²) in [5, 5.41) is 0. The van der Waals surface area contributed by atoms with E-state index in [0.29, 0.717) is 0 Å². The lowest BCUT2D eigenvalue weighted by atomic mass is 10.1. The molecule has 0 saturated heterocycles. The maximum atomic E-state index is 5.89. The maximum absolute atomic E-state index is 5.89. The van der Waals surface area contributed by atoms with Crippen LogP contribution in [0.15, 0.2) is 71.1 Å². The molecule has 0 fully saturated rings. The fourth-order valence-electron chi connectivity index (χ4n) is 2.01. The van der Waals surface area contributed by atoms with Crippen LogP contribution in [0.2, 0.25) is 0 Å². The fraction of sp³-hybridized carbons (Fsp3) is 0.0588. The fourth-order valence-corrected chi connectivity index (χ4v) is 2.01. The highest BCUT2D eigenvalue weighted by Crippen LogP contribution is 2.29. The smallest absolute Gasteiger partial charge is 0.134 e. The summed E-state index contributed by atoms with van der Waals surface area (Å²) < 4.78 is 11.0. The zero-order valence-corrected chi connectivity index (χ0v) is 10.7. The summed E-state index contributed by atoms with van der Waals surface area (Å²) in [5.41, 5.74) is 2.13. The molecule has 2 heteroatoms. The second-order valence-electron chi connectivity index (χ2n) is 4.26. The van der Waals surface area contributed by atoms with Crippen LogP contribution < -0.4 is 4.74 Å². The third-order valence-electron chi connectivity index (χ3n) is 3.04. The van der Waals surface area contributed by atoms with Crippen molar-refractivity contribution in [1.82, 2.24) is 0 Å². The van der Waals surface area contributed by atoms with Crippen molar-refractivity contribution < 1.29 is 9.15 Å². The highest BCUT2D eigenvalue weighted by Gasteiger charge is 2.06. The first-order valence-corrected chi connectivity index (χ1v) is 6.16. The Labute approximate surface area is 112 Å². The molecule has 94 valence electrons. The van der Waals surface area contributed by atoms with E-state index in [9.17, 15) is 0 Å². The summed E-state index contributed by atoms with van der Waals surface area (Å²) >= 11 is 0. The molecule has 0 atom stereocenters. The molecule has 0 aliphatic rings. The van der Waals surface area contributed by atoms with E-state index in [1.165, 1.54) is 0 Å². The highest BCUT2D eigenvalue weighted by molar-refractivity contribution is 5.65. The van der Waals surface area contributed by atoms with E-state index in [4.69, 9.17) is 9.15 Å². The van der Waals surface area contributed by atoms with Crippen molar-refractivity contribution in [2.75, 3.05) is 7.11 Å². The van der Waals surface area contributed by atoms with Gasteiger partial charge in [0.25, 0.3) is 0 Å². The van der Waals surface area contributed by atoms with Crippen molar-refractivity contribution in [3.05, 3.63) is 66.7 Å². The SMILES string of the molecule is COc1ccc(-c2ccc(-c3ccccc3)o2)cc1. The normalized spacial score (nSPS) is 10.4. The lowest BCUT2D eigenvalue weighted by molar-refractivity contribution is 0.415. The topological polar surface area (TPSA) is 22.4 Å². The molecule has 0 aliphatic heterocycles. The van der Waals surface area contributed by atoms with Crippen LogP contribution in [0.3, 0.4) is 0 Å². The minimum absolute atomic E-state index is 0.846. The van der Waals surface area contributed by atoms with Gasteiger partial charge in [0, 0.05) is 11.1 Å². The van der Waals surface area contributed by atoms with E-state index in [2.05, 4.69) is 0 Å². The van der Waals surface area contributed by atoms with Gasteiger partial charge in [-0.25, -0.2) is 0 Å². The van der Waals surface area contributed by atoms with Crippen LogP contribution in [-0.2, 0) is 0 Å². The maximum Gasteiger partial charge on any atom is 0.134 e. The van der Waals surface area contributed by atoms with Gasteiger partial charge in [-0.05, 0) is 36.4 Å². The van der Waals surface area contributed by atoms with Gasteiger partial charge in [-0.15, -0.1) is 0 Å². The van der Waals surface area contributed by atoms with Gasteiger partial charge in [0.15, 0.2) is 0 Å². The molecular formula is C17H14O2. The Bertz CT molecular complexity index is 651. The highest BCUT2D eigenvalue weighted by atomic mass is 16.5. The molecule has 1 heterocycles. The molecular weight excluding hydrogens is 236 g/mol. The van der Waals surface area contributed by atoms with E-state index in [-0.39, 0.29) is 0 Å². The first-order chi connectivity index (χ1) is 9.36. The summed E-state index contributed by atoms with van der Waals surface area (Å²) in [6.45, 7) is 0. The van der Waals surface area contributed by atoms with Crippen molar-refractivity contribution >= 4 is 0 Å². The third kappa shape index (κ3) is 2.38. The molecule has 0 aliphatic carbocycles. The number of ether oxygens (including phenoxy) is 1. The third-order valence-corrected chi connectivity index (χ3v) is 3.04. The lowest BCUT2D eigenvalue weighted by Gasteiger charge is -2.01. The minimum atomic E-state index is 0.846. The van der Waals surface area contributed by atoms with E-state index in [0.717, 1.165) is 28.4 Å². The first-order valence-electron chi connectivity index (χ1n) is 6.16. The summed E-state index contributed by atoms with van der Waals surface area (Å²) in [6, 6.07) is 21.9. The average molecular weight is 250 g/mol. The van der Waals surface area contributed by atoms with E-state index < -0.39 is 0 Å². The number of hydrogen-bond donors (Lipinski definition) is 0. The predicted octanol–water partition coefficient (Wildman–Crippen LogP) is 4.62. The van der Waals surface area contributed by atoms with Gasteiger partial charge in [-0.1, -0.05) is 30.3 Å². The van der Waals surface area contributed by atoms with Gasteiger partial charge >= 0.3 is 0 Å². The Hall–Kier alpha value is -2.48. The molecule has 0 bridgehead atoms. The van der Waals surface area contributed by atoms with Crippen molar-refractivity contribution in [1.29, 1.82) is 0 Å². The Kier molecular flexibility index (Phi) is 3.07. The number of furan rings is 1. The van der Waals surface area contributed by atoms with Gasteiger partial charge in [0.05, 0.1) is 7.11 Å². The second kappa shape index (κ2) is 5.02. The lowest BCUT2D eigenvalue weighted by Crippen LogP contribution is -1.81. The van der Waals surface area contributed by atoms with Crippen LogP contribution in [-0.4, -0.2) is 7.11 Å². The molecule has 3 aromatic rings. The Morgan fingerprint density at radius 1 is 0.684 bits per heavy atom. The minimum Gasteiger partial charge on any atom is -0.497 e. The summed E-state index contributed by atoms with van der Waals surface area (Å²) in [4.78, 5) is 0. The first kappa shape index (κ1) is 11.6. The molecule has 19 heavy (non-hydrogen) atoms. The monoisotopic (exact) mass is 250 g/mol. The Morgan fingerprint density at radius 3 is 1.84 bits per heavy atom. The number of hydrogen-bond acceptors (Lipinski definition) is 2. The number of benzene rings is 2. The number of methoxy groups -OCH3 is 1. The Morgan fingerprint density at radius 2 is 1.26 bits per heavy atom. The quantitative estimate of drug-likeness (QED) is 0.676. The van der Waals surface area contributed by atoms with Gasteiger partial charge in [0.2, 0.25) is 0 Å². The molecule has 3 rings (SSSR count). The van der Waals surface area contributed by atoms with Gasteiger partial charge in [-0.3, -0.25) is 0 Å². The summed E-state index contributed by atoms with van der Waals surface area (Å²) in [6.07, 6.45) is 0. The van der Waals surface area contributed by atoms with Crippen molar-refractivity contribution in [2.24, 2.45) is 0 Å². The van der Waals surface area contributed by atoms with Crippen LogP contribution in [0.5, 0.6) is 5.75 Å². The molecule has 1 aromatic heterocycles. The van der Waals surface area contributed by atoms with Crippen LogP contribution >= 0.6 is 0 Å². The zero-order chi connectivity index (χ0) is 13.1. The molecule has 0 amide bonds. The van der Waals surface area contributed by atoms with Gasteiger partial charge in [-0.2, -0.15) is 0 Å². The molecule has 0 saturated carbocycles. The largest absolute Gasteiger partial charge is 0.497 e. The summed E-state index contributed by atoms with van der Waals surface area (Å²) in [7, 11) is 1.66.